The molecule has 0 unspecified atom stereocenters. The second kappa shape index (κ2) is 7.33. The van der Waals surface area contributed by atoms with Crippen LogP contribution in [0.1, 0.15) is 48.0 Å². The molecule has 3 aliphatic rings. The third-order valence-electron chi connectivity index (χ3n) is 6.25. The SMILES string of the molecule is CN1C(=O)CCc2cc(C(=O)N3CCN(C(=O)C4CCCC4)CC3)ccc21. The molecule has 2 aliphatic heterocycles. The maximum Gasteiger partial charge on any atom is 0.253 e. The van der Waals surface area contributed by atoms with Gasteiger partial charge in [0, 0.05) is 56.8 Å². The van der Waals surface area contributed by atoms with Crippen LogP contribution in [0.2, 0.25) is 0 Å². The van der Waals surface area contributed by atoms with Crippen LogP contribution in [0, 0.1) is 5.92 Å². The van der Waals surface area contributed by atoms with Crippen molar-refractivity contribution in [3.05, 3.63) is 29.3 Å². The Morgan fingerprint density at radius 3 is 2.33 bits per heavy atom. The van der Waals surface area contributed by atoms with Gasteiger partial charge in [0.2, 0.25) is 11.8 Å². The van der Waals surface area contributed by atoms with Gasteiger partial charge in [0.1, 0.15) is 0 Å². The lowest BCUT2D eigenvalue weighted by molar-refractivity contribution is -0.136. The highest BCUT2D eigenvalue weighted by Gasteiger charge is 2.31. The van der Waals surface area contributed by atoms with Gasteiger partial charge in [-0.3, -0.25) is 14.4 Å². The van der Waals surface area contributed by atoms with Gasteiger partial charge in [-0.2, -0.15) is 0 Å². The summed E-state index contributed by atoms with van der Waals surface area (Å²) in [4.78, 5) is 42.7. The summed E-state index contributed by atoms with van der Waals surface area (Å²) in [7, 11) is 1.78. The third-order valence-corrected chi connectivity index (χ3v) is 6.25. The maximum atomic E-state index is 12.9. The van der Waals surface area contributed by atoms with Crippen molar-refractivity contribution >= 4 is 23.4 Å². The van der Waals surface area contributed by atoms with E-state index in [4.69, 9.17) is 0 Å². The Labute approximate surface area is 160 Å². The first kappa shape index (κ1) is 18.0. The zero-order chi connectivity index (χ0) is 19.0. The van der Waals surface area contributed by atoms with Crippen molar-refractivity contribution < 1.29 is 14.4 Å². The number of amides is 3. The maximum absolute atomic E-state index is 12.9. The monoisotopic (exact) mass is 369 g/mol. The average molecular weight is 369 g/mol. The van der Waals surface area contributed by atoms with Crippen LogP contribution in [-0.2, 0) is 16.0 Å². The quantitative estimate of drug-likeness (QED) is 0.802. The number of hydrogen-bond donors (Lipinski definition) is 0. The van der Waals surface area contributed by atoms with Crippen molar-refractivity contribution in [1.82, 2.24) is 9.80 Å². The number of benzene rings is 1. The Hall–Kier alpha value is -2.37. The van der Waals surface area contributed by atoms with Crippen molar-refractivity contribution in [2.24, 2.45) is 5.92 Å². The van der Waals surface area contributed by atoms with Gasteiger partial charge < -0.3 is 14.7 Å². The van der Waals surface area contributed by atoms with Gasteiger partial charge in [0.15, 0.2) is 0 Å². The van der Waals surface area contributed by atoms with Crippen LogP contribution in [-0.4, -0.2) is 60.7 Å². The van der Waals surface area contributed by atoms with Gasteiger partial charge in [0.25, 0.3) is 5.91 Å². The molecule has 0 radical (unpaired) electrons. The zero-order valence-electron chi connectivity index (χ0n) is 15.9. The number of aryl methyl sites for hydroxylation is 1. The number of carbonyl (C=O) groups excluding carboxylic acids is 3. The minimum Gasteiger partial charge on any atom is -0.339 e. The lowest BCUT2D eigenvalue weighted by atomic mass is 9.98. The van der Waals surface area contributed by atoms with Crippen LogP contribution in [0.5, 0.6) is 0 Å². The lowest BCUT2D eigenvalue weighted by Gasteiger charge is -2.36. The topological polar surface area (TPSA) is 60.9 Å². The molecule has 3 amide bonds. The molecule has 4 rings (SSSR count). The van der Waals surface area contributed by atoms with Gasteiger partial charge in [-0.15, -0.1) is 0 Å². The van der Waals surface area contributed by atoms with Gasteiger partial charge in [-0.1, -0.05) is 12.8 Å². The average Bonchev–Trinajstić information content (AvgIpc) is 3.24. The summed E-state index contributed by atoms with van der Waals surface area (Å²) in [5.41, 5.74) is 2.62. The fourth-order valence-corrected chi connectivity index (χ4v) is 4.53. The van der Waals surface area contributed by atoms with E-state index in [1.807, 2.05) is 28.0 Å². The van der Waals surface area contributed by atoms with Gasteiger partial charge in [0.05, 0.1) is 0 Å². The Morgan fingerprint density at radius 2 is 1.63 bits per heavy atom. The molecule has 6 nitrogen and oxygen atoms in total. The fraction of sp³-hybridized carbons (Fsp3) is 0.571. The first-order chi connectivity index (χ1) is 13.0. The molecule has 0 spiro atoms. The van der Waals surface area contributed by atoms with Crippen LogP contribution >= 0.6 is 0 Å². The van der Waals surface area contributed by atoms with Gasteiger partial charge in [-0.25, -0.2) is 0 Å². The zero-order valence-corrected chi connectivity index (χ0v) is 15.9. The number of carbonyl (C=O) groups is 3. The predicted molar refractivity (Wildman–Crippen MR) is 103 cm³/mol. The van der Waals surface area contributed by atoms with E-state index in [1.54, 1.807) is 11.9 Å². The highest BCUT2D eigenvalue weighted by molar-refractivity contribution is 5.99. The molecule has 6 heteroatoms. The molecule has 1 aromatic carbocycles. The normalized spacial score (nSPS) is 20.8. The largest absolute Gasteiger partial charge is 0.339 e. The van der Waals surface area contributed by atoms with Crippen molar-refractivity contribution in [3.8, 4) is 0 Å². The van der Waals surface area contributed by atoms with Crippen molar-refractivity contribution in [2.45, 2.75) is 38.5 Å². The first-order valence-electron chi connectivity index (χ1n) is 10.0. The van der Waals surface area contributed by atoms with E-state index in [0.717, 1.165) is 36.9 Å². The van der Waals surface area contributed by atoms with Crippen molar-refractivity contribution in [3.63, 3.8) is 0 Å². The minimum atomic E-state index is 0.0188. The molecular formula is C21H27N3O3. The summed E-state index contributed by atoms with van der Waals surface area (Å²) in [6, 6.07) is 5.61. The summed E-state index contributed by atoms with van der Waals surface area (Å²) < 4.78 is 0. The number of fused-ring (bicyclic) bond motifs is 1. The Balaban J connectivity index is 1.39. The Kier molecular flexibility index (Phi) is 4.89. The molecule has 144 valence electrons. The van der Waals surface area contributed by atoms with Gasteiger partial charge >= 0.3 is 0 Å². The van der Waals surface area contributed by atoms with Gasteiger partial charge in [-0.05, 0) is 43.0 Å². The molecule has 2 heterocycles. The molecule has 2 fully saturated rings. The number of nitrogens with zero attached hydrogens (tertiary/aromatic N) is 3. The van der Waals surface area contributed by atoms with Crippen LogP contribution < -0.4 is 4.90 Å². The standard InChI is InChI=1S/C21H27N3O3/c1-22-18-8-6-17(14-16(18)7-9-19(22)25)21(27)24-12-10-23(11-13-24)20(26)15-4-2-3-5-15/h6,8,14-15H,2-5,7,9-13H2,1H3. The molecule has 1 saturated carbocycles. The summed E-state index contributed by atoms with van der Waals surface area (Å²) in [6.45, 7) is 2.44. The molecule has 0 N–H and O–H groups in total. The Morgan fingerprint density at radius 1 is 0.963 bits per heavy atom. The summed E-state index contributed by atoms with van der Waals surface area (Å²) >= 11 is 0. The summed E-state index contributed by atoms with van der Waals surface area (Å²) in [5.74, 6) is 0.614. The van der Waals surface area contributed by atoms with Crippen LogP contribution in [0.4, 0.5) is 5.69 Å². The Bertz CT molecular complexity index is 762. The summed E-state index contributed by atoms with van der Waals surface area (Å²) in [6.07, 6.45) is 5.53. The first-order valence-corrected chi connectivity index (χ1v) is 10.0. The minimum absolute atomic E-state index is 0.0188. The summed E-state index contributed by atoms with van der Waals surface area (Å²) in [5, 5.41) is 0. The highest BCUT2D eigenvalue weighted by Crippen LogP contribution is 2.29. The second-order valence-electron chi connectivity index (χ2n) is 7.90. The van der Waals surface area contributed by atoms with Crippen molar-refractivity contribution in [1.29, 1.82) is 0 Å². The van der Waals surface area contributed by atoms with E-state index in [1.165, 1.54) is 0 Å². The van der Waals surface area contributed by atoms with Crippen LogP contribution in [0.3, 0.4) is 0 Å². The second-order valence-corrected chi connectivity index (χ2v) is 7.90. The number of anilines is 1. The lowest BCUT2D eigenvalue weighted by Crippen LogP contribution is -2.51. The van der Waals surface area contributed by atoms with Crippen LogP contribution in [0.25, 0.3) is 0 Å². The molecule has 1 aliphatic carbocycles. The van der Waals surface area contributed by atoms with Crippen LogP contribution in [0.15, 0.2) is 18.2 Å². The molecule has 0 atom stereocenters. The van der Waals surface area contributed by atoms with E-state index in [-0.39, 0.29) is 23.6 Å². The molecule has 1 saturated heterocycles. The molecule has 0 aromatic heterocycles. The molecular weight excluding hydrogens is 342 g/mol. The number of hydrogen-bond acceptors (Lipinski definition) is 3. The molecule has 27 heavy (non-hydrogen) atoms. The van der Waals surface area contributed by atoms with E-state index in [2.05, 4.69) is 0 Å². The van der Waals surface area contributed by atoms with E-state index >= 15 is 0 Å². The molecule has 0 bridgehead atoms. The number of rotatable bonds is 2. The predicted octanol–water partition coefficient (Wildman–Crippen LogP) is 2.07. The van der Waals surface area contributed by atoms with E-state index in [0.29, 0.717) is 44.6 Å². The number of piperazine rings is 1. The van der Waals surface area contributed by atoms with E-state index < -0.39 is 0 Å². The van der Waals surface area contributed by atoms with E-state index in [9.17, 15) is 14.4 Å². The highest BCUT2D eigenvalue weighted by atomic mass is 16.2. The third kappa shape index (κ3) is 3.45. The fourth-order valence-electron chi connectivity index (χ4n) is 4.53. The molecule has 1 aromatic rings. The smallest absolute Gasteiger partial charge is 0.253 e. The van der Waals surface area contributed by atoms with Crippen molar-refractivity contribution in [2.75, 3.05) is 38.1 Å².